The summed E-state index contributed by atoms with van der Waals surface area (Å²) in [5.74, 6) is -0.814. The number of carbonyl (C=O) groups excluding carboxylic acids is 1. The normalized spacial score (nSPS) is 14.6. The van der Waals surface area contributed by atoms with Gasteiger partial charge in [-0.15, -0.1) is 24.5 Å². The minimum Gasteiger partial charge on any atom is -0.406 e. The molecule has 0 spiro atoms. The molecule has 134 valence electrons. The van der Waals surface area contributed by atoms with Gasteiger partial charge in [0.15, 0.2) is 0 Å². The van der Waals surface area contributed by atoms with Crippen LogP contribution < -0.4 is 4.74 Å². The first kappa shape index (κ1) is 18.0. The summed E-state index contributed by atoms with van der Waals surface area (Å²) in [5.41, 5.74) is 1.08. The van der Waals surface area contributed by atoms with Crippen molar-refractivity contribution in [3.63, 3.8) is 0 Å². The van der Waals surface area contributed by atoms with Crippen molar-refractivity contribution in [3.05, 3.63) is 82.2 Å². The molecule has 26 heavy (non-hydrogen) atoms. The van der Waals surface area contributed by atoms with Gasteiger partial charge in [0, 0.05) is 23.2 Å². The molecule has 0 aliphatic carbocycles. The molecule has 1 aliphatic rings. The maximum absolute atomic E-state index is 12.5. The number of hydrogen-bond donors (Lipinski definition) is 0. The molecule has 2 aromatic rings. The van der Waals surface area contributed by atoms with Crippen LogP contribution in [0, 0.1) is 0 Å². The highest BCUT2D eigenvalue weighted by Crippen LogP contribution is 2.24. The number of amides is 1. The molecule has 0 fully saturated rings. The van der Waals surface area contributed by atoms with E-state index in [4.69, 9.17) is 0 Å². The minimum absolute atomic E-state index is 0.127. The van der Waals surface area contributed by atoms with Crippen molar-refractivity contribution >= 4 is 23.3 Å². The third-order valence-electron chi connectivity index (χ3n) is 3.53. The molecule has 1 aromatic carbocycles. The Balaban J connectivity index is 1.65. The van der Waals surface area contributed by atoms with Gasteiger partial charge in [-0.3, -0.25) is 4.79 Å². The lowest BCUT2D eigenvalue weighted by Crippen LogP contribution is -2.27. The number of alkyl halides is 3. The largest absolute Gasteiger partial charge is 0.573 e. The van der Waals surface area contributed by atoms with Crippen LogP contribution in [0.5, 0.6) is 5.75 Å². The molecule has 0 saturated carbocycles. The Bertz CT molecular complexity index is 867. The standard InChI is InChI=1S/C19H14F3NO2S/c20-19(21,22)25-16-4-1-3-15(13-16)18(24)23-10-8-14(9-11-23)6-7-17-5-2-12-26-17/h1-10,12-13H,11H2/b7-6+. The van der Waals surface area contributed by atoms with Crippen LogP contribution in [-0.4, -0.2) is 23.7 Å². The zero-order valence-corrected chi connectivity index (χ0v) is 14.3. The fraction of sp³-hybridized carbons (Fsp3) is 0.105. The molecule has 0 radical (unpaired) electrons. The van der Waals surface area contributed by atoms with Gasteiger partial charge < -0.3 is 9.64 Å². The van der Waals surface area contributed by atoms with Crippen molar-refractivity contribution in [2.75, 3.05) is 6.54 Å². The average molecular weight is 377 g/mol. The third kappa shape index (κ3) is 4.86. The summed E-state index contributed by atoms with van der Waals surface area (Å²) in [4.78, 5) is 15.0. The molecular formula is C19H14F3NO2S. The number of benzene rings is 1. The number of halogens is 3. The number of carbonyl (C=O) groups is 1. The van der Waals surface area contributed by atoms with Gasteiger partial charge in [0.1, 0.15) is 5.75 Å². The number of nitrogens with zero attached hydrogens (tertiary/aromatic N) is 1. The van der Waals surface area contributed by atoms with Crippen molar-refractivity contribution in [2.45, 2.75) is 6.36 Å². The lowest BCUT2D eigenvalue weighted by molar-refractivity contribution is -0.274. The van der Waals surface area contributed by atoms with Crippen LogP contribution in [0.15, 0.2) is 71.8 Å². The first-order valence-electron chi connectivity index (χ1n) is 7.67. The van der Waals surface area contributed by atoms with Crippen LogP contribution in [0.25, 0.3) is 6.08 Å². The third-order valence-corrected chi connectivity index (χ3v) is 4.37. The molecule has 0 saturated heterocycles. The Morgan fingerprint density at radius 3 is 2.69 bits per heavy atom. The van der Waals surface area contributed by atoms with E-state index in [0.717, 1.165) is 22.6 Å². The second kappa shape index (κ2) is 7.61. The van der Waals surface area contributed by atoms with Crippen molar-refractivity contribution in [1.82, 2.24) is 4.90 Å². The maximum atomic E-state index is 12.5. The second-order valence-corrected chi connectivity index (χ2v) is 6.38. The van der Waals surface area contributed by atoms with E-state index in [-0.39, 0.29) is 5.56 Å². The Kier molecular flexibility index (Phi) is 5.27. The molecule has 1 aromatic heterocycles. The van der Waals surface area contributed by atoms with Gasteiger partial charge in [-0.25, -0.2) is 0 Å². The summed E-state index contributed by atoms with van der Waals surface area (Å²) in [6.07, 6.45) is 4.41. The monoisotopic (exact) mass is 377 g/mol. The summed E-state index contributed by atoms with van der Waals surface area (Å²) in [7, 11) is 0. The summed E-state index contributed by atoms with van der Waals surface area (Å²) < 4.78 is 40.8. The Hall–Kier alpha value is -2.80. The molecule has 0 N–H and O–H groups in total. The van der Waals surface area contributed by atoms with Crippen molar-refractivity contribution < 1.29 is 22.7 Å². The second-order valence-electron chi connectivity index (χ2n) is 5.40. The topological polar surface area (TPSA) is 29.5 Å². The summed E-state index contributed by atoms with van der Waals surface area (Å²) >= 11 is 1.62. The number of rotatable bonds is 4. The van der Waals surface area contributed by atoms with Crippen LogP contribution in [0.4, 0.5) is 13.2 Å². The fourth-order valence-electron chi connectivity index (χ4n) is 2.34. The van der Waals surface area contributed by atoms with Crippen LogP contribution >= 0.6 is 11.3 Å². The fourth-order valence-corrected chi connectivity index (χ4v) is 2.96. The van der Waals surface area contributed by atoms with E-state index in [0.29, 0.717) is 6.54 Å². The van der Waals surface area contributed by atoms with Crippen molar-refractivity contribution in [3.8, 4) is 5.75 Å². The van der Waals surface area contributed by atoms with Crippen LogP contribution in [0.1, 0.15) is 15.2 Å². The molecule has 0 unspecified atom stereocenters. The molecule has 2 heterocycles. The highest BCUT2D eigenvalue weighted by molar-refractivity contribution is 7.10. The quantitative estimate of drug-likeness (QED) is 0.728. The van der Waals surface area contributed by atoms with Crippen LogP contribution in [0.2, 0.25) is 0 Å². The Labute approximate surface area is 152 Å². The molecule has 0 bridgehead atoms. The predicted molar refractivity (Wildman–Crippen MR) is 94.7 cm³/mol. The zero-order chi connectivity index (χ0) is 18.6. The van der Waals surface area contributed by atoms with E-state index in [1.807, 2.05) is 35.7 Å². The molecule has 7 heteroatoms. The number of hydrogen-bond acceptors (Lipinski definition) is 3. The smallest absolute Gasteiger partial charge is 0.406 e. The molecular weight excluding hydrogens is 363 g/mol. The SMILES string of the molecule is O=C(c1cccc(OC(F)(F)F)c1)N1C=CC(/C=C/c2cccs2)=CC1. The Morgan fingerprint density at radius 1 is 1.19 bits per heavy atom. The van der Waals surface area contributed by atoms with Crippen molar-refractivity contribution in [1.29, 1.82) is 0 Å². The number of thiophene rings is 1. The first-order valence-corrected chi connectivity index (χ1v) is 8.55. The molecule has 1 aliphatic heterocycles. The molecule has 0 atom stereocenters. The van der Waals surface area contributed by atoms with Gasteiger partial charge in [0.2, 0.25) is 0 Å². The van der Waals surface area contributed by atoms with Crippen LogP contribution in [0.3, 0.4) is 0 Å². The van der Waals surface area contributed by atoms with E-state index >= 15 is 0 Å². The van der Waals surface area contributed by atoms with Gasteiger partial charge in [-0.2, -0.15) is 0 Å². The van der Waals surface area contributed by atoms with Gasteiger partial charge in [0.05, 0.1) is 0 Å². The summed E-state index contributed by atoms with van der Waals surface area (Å²) in [5, 5.41) is 1.99. The van der Waals surface area contributed by atoms with E-state index in [2.05, 4.69) is 4.74 Å². The van der Waals surface area contributed by atoms with E-state index < -0.39 is 18.0 Å². The van der Waals surface area contributed by atoms with E-state index in [1.165, 1.54) is 17.0 Å². The Morgan fingerprint density at radius 2 is 2.04 bits per heavy atom. The van der Waals surface area contributed by atoms with Gasteiger partial charge in [-0.05, 0) is 47.4 Å². The molecule has 3 nitrogen and oxygen atoms in total. The number of ether oxygens (including phenoxy) is 1. The van der Waals surface area contributed by atoms with Crippen LogP contribution in [-0.2, 0) is 0 Å². The zero-order valence-electron chi connectivity index (χ0n) is 13.4. The van der Waals surface area contributed by atoms with E-state index in [1.54, 1.807) is 23.6 Å². The minimum atomic E-state index is -4.79. The van der Waals surface area contributed by atoms with Gasteiger partial charge in [0.25, 0.3) is 5.91 Å². The van der Waals surface area contributed by atoms with E-state index in [9.17, 15) is 18.0 Å². The van der Waals surface area contributed by atoms with Gasteiger partial charge in [-0.1, -0.05) is 24.3 Å². The summed E-state index contributed by atoms with van der Waals surface area (Å²) in [6, 6.07) is 9.01. The highest BCUT2D eigenvalue weighted by Gasteiger charge is 2.31. The summed E-state index contributed by atoms with van der Waals surface area (Å²) in [6.45, 7) is 0.337. The predicted octanol–water partition coefficient (Wildman–Crippen LogP) is 5.26. The molecule has 3 rings (SSSR count). The highest BCUT2D eigenvalue weighted by atomic mass is 32.1. The number of allylic oxidation sites excluding steroid dienone is 3. The maximum Gasteiger partial charge on any atom is 0.573 e. The average Bonchev–Trinajstić information content (AvgIpc) is 3.12. The first-order chi connectivity index (χ1) is 12.4. The van der Waals surface area contributed by atoms with Crippen molar-refractivity contribution in [2.24, 2.45) is 0 Å². The lowest BCUT2D eigenvalue weighted by Gasteiger charge is -2.20. The lowest BCUT2D eigenvalue weighted by atomic mass is 10.1. The molecule has 1 amide bonds. The van der Waals surface area contributed by atoms with Gasteiger partial charge >= 0.3 is 6.36 Å².